The number of halogens is 2. The molecule has 19 heavy (non-hydrogen) atoms. The summed E-state index contributed by atoms with van der Waals surface area (Å²) in [6.45, 7) is 8.62. The molecular formula is C15H32Br2N2. The molecule has 2 nitrogen and oxygen atoms in total. The summed E-state index contributed by atoms with van der Waals surface area (Å²) in [5, 5.41) is 0. The molecule has 0 aromatic carbocycles. The highest BCUT2D eigenvalue weighted by atomic mass is 79.9. The summed E-state index contributed by atoms with van der Waals surface area (Å²) in [6.07, 6.45) is 10.2. The molecule has 2 rings (SSSR count). The van der Waals surface area contributed by atoms with Crippen molar-refractivity contribution in [2.45, 2.75) is 44.9 Å². The Hall–Kier alpha value is 0.880. The number of likely N-dealkylation sites (tertiary alicyclic amines) is 2. The predicted octanol–water partition coefficient (Wildman–Crippen LogP) is -3.35. The van der Waals surface area contributed by atoms with E-state index in [0.29, 0.717) is 0 Å². The van der Waals surface area contributed by atoms with Crippen molar-refractivity contribution in [1.29, 1.82) is 0 Å². The molecule has 0 atom stereocenters. The lowest BCUT2D eigenvalue weighted by atomic mass is 10.2. The maximum Gasteiger partial charge on any atom is 0.0786 e. The second-order valence-corrected chi connectivity index (χ2v) is 7.06. The Labute approximate surface area is 141 Å². The standard InChI is InChI=1S/C15H32N2.2BrH/c1-16(12-6-7-13-16)10-4-3-5-11-17(2)14-8-9-15-17;;/h3-15H2,1-2H3;2*1H/q+2;;/p-2. The molecule has 0 N–H and O–H groups in total. The topological polar surface area (TPSA) is 0 Å². The molecule has 2 fully saturated rings. The molecule has 0 radical (unpaired) electrons. The van der Waals surface area contributed by atoms with Crippen molar-refractivity contribution in [2.75, 3.05) is 53.4 Å². The summed E-state index contributed by atoms with van der Waals surface area (Å²) in [4.78, 5) is 0. The Morgan fingerprint density at radius 3 is 1.21 bits per heavy atom. The molecule has 2 saturated heterocycles. The minimum Gasteiger partial charge on any atom is -1.00 e. The SMILES string of the molecule is C[N+]1(CCCCC[N+]2(C)CCCC2)CCCC1.[Br-].[Br-]. The van der Waals surface area contributed by atoms with Crippen molar-refractivity contribution in [1.82, 2.24) is 0 Å². The minimum atomic E-state index is 0. The Bertz CT molecular complexity index is 210. The Balaban J connectivity index is 0.00000162. The van der Waals surface area contributed by atoms with E-state index in [1.807, 2.05) is 0 Å². The highest BCUT2D eigenvalue weighted by Gasteiger charge is 2.27. The van der Waals surface area contributed by atoms with Gasteiger partial charge in [-0.1, -0.05) is 0 Å². The van der Waals surface area contributed by atoms with E-state index < -0.39 is 0 Å². The lowest BCUT2D eigenvalue weighted by Gasteiger charge is -2.30. The van der Waals surface area contributed by atoms with E-state index in [1.165, 1.54) is 93.2 Å². The van der Waals surface area contributed by atoms with Crippen LogP contribution in [0.15, 0.2) is 0 Å². The van der Waals surface area contributed by atoms with E-state index in [-0.39, 0.29) is 34.0 Å². The van der Waals surface area contributed by atoms with Gasteiger partial charge in [-0.05, 0) is 19.3 Å². The first-order valence-corrected chi connectivity index (χ1v) is 7.79. The van der Waals surface area contributed by atoms with Crippen molar-refractivity contribution in [3.8, 4) is 0 Å². The van der Waals surface area contributed by atoms with E-state index in [9.17, 15) is 0 Å². The largest absolute Gasteiger partial charge is 1.00 e. The molecule has 2 heterocycles. The molecule has 0 aromatic heterocycles. The molecule has 0 saturated carbocycles. The zero-order valence-electron chi connectivity index (χ0n) is 12.8. The van der Waals surface area contributed by atoms with Crippen molar-refractivity contribution in [3.05, 3.63) is 0 Å². The first kappa shape index (κ1) is 19.9. The van der Waals surface area contributed by atoms with Crippen LogP contribution in [0.5, 0.6) is 0 Å². The molecule has 0 aliphatic carbocycles. The Morgan fingerprint density at radius 2 is 0.895 bits per heavy atom. The maximum atomic E-state index is 2.46. The van der Waals surface area contributed by atoms with Crippen LogP contribution in [-0.4, -0.2) is 62.3 Å². The quantitative estimate of drug-likeness (QED) is 0.323. The van der Waals surface area contributed by atoms with E-state index in [0.717, 1.165) is 0 Å². The molecule has 2 aliphatic heterocycles. The highest BCUT2D eigenvalue weighted by molar-refractivity contribution is 4.54. The monoisotopic (exact) mass is 398 g/mol. The Kier molecular flexibility index (Phi) is 9.43. The van der Waals surface area contributed by atoms with Crippen molar-refractivity contribution < 1.29 is 42.9 Å². The van der Waals surface area contributed by atoms with Crippen LogP contribution in [0.1, 0.15) is 44.9 Å². The molecule has 0 amide bonds. The van der Waals surface area contributed by atoms with Gasteiger partial charge in [-0.15, -0.1) is 0 Å². The molecule has 0 spiro atoms. The fourth-order valence-electron chi connectivity index (χ4n) is 3.81. The number of rotatable bonds is 6. The molecule has 0 aromatic rings. The van der Waals surface area contributed by atoms with Gasteiger partial charge in [0.15, 0.2) is 0 Å². The van der Waals surface area contributed by atoms with Crippen LogP contribution in [0, 0.1) is 0 Å². The summed E-state index contributed by atoms with van der Waals surface area (Å²) >= 11 is 0. The lowest BCUT2D eigenvalue weighted by Crippen LogP contribution is -3.00. The minimum absolute atomic E-state index is 0. The number of unbranched alkanes of at least 4 members (excludes halogenated alkanes) is 2. The second kappa shape index (κ2) is 9.01. The summed E-state index contributed by atoms with van der Waals surface area (Å²) in [5.41, 5.74) is 0. The van der Waals surface area contributed by atoms with Crippen molar-refractivity contribution in [3.63, 3.8) is 0 Å². The maximum absolute atomic E-state index is 2.46. The smallest absolute Gasteiger partial charge is 0.0786 e. The third-order valence-corrected chi connectivity index (χ3v) is 5.19. The number of quaternary nitrogens is 2. The van der Waals surface area contributed by atoms with Crippen molar-refractivity contribution in [2.24, 2.45) is 0 Å². The Morgan fingerprint density at radius 1 is 0.579 bits per heavy atom. The van der Waals surface area contributed by atoms with E-state index >= 15 is 0 Å². The first-order chi connectivity index (χ1) is 8.12. The molecule has 2 aliphatic rings. The second-order valence-electron chi connectivity index (χ2n) is 7.06. The molecule has 116 valence electrons. The first-order valence-electron chi connectivity index (χ1n) is 7.79. The van der Waals surface area contributed by atoms with Crippen molar-refractivity contribution >= 4 is 0 Å². The third-order valence-electron chi connectivity index (χ3n) is 5.19. The van der Waals surface area contributed by atoms with Gasteiger partial charge in [0.05, 0.1) is 53.4 Å². The zero-order valence-corrected chi connectivity index (χ0v) is 16.0. The normalized spacial score (nSPS) is 23.7. The van der Waals surface area contributed by atoms with E-state index in [1.54, 1.807) is 0 Å². The van der Waals surface area contributed by atoms with Gasteiger partial charge in [0.1, 0.15) is 0 Å². The predicted molar refractivity (Wildman–Crippen MR) is 73.9 cm³/mol. The summed E-state index contributed by atoms with van der Waals surface area (Å²) < 4.78 is 2.73. The van der Waals surface area contributed by atoms with Gasteiger partial charge in [0.25, 0.3) is 0 Å². The van der Waals surface area contributed by atoms with Crippen LogP contribution in [0.4, 0.5) is 0 Å². The van der Waals surface area contributed by atoms with Gasteiger partial charge < -0.3 is 42.9 Å². The van der Waals surface area contributed by atoms with Gasteiger partial charge in [-0.25, -0.2) is 0 Å². The summed E-state index contributed by atoms with van der Waals surface area (Å²) in [7, 11) is 4.92. The van der Waals surface area contributed by atoms with Gasteiger partial charge in [-0.2, -0.15) is 0 Å². The fraction of sp³-hybridized carbons (Fsp3) is 1.00. The van der Waals surface area contributed by atoms with Gasteiger partial charge in [0.2, 0.25) is 0 Å². The van der Waals surface area contributed by atoms with Gasteiger partial charge in [0, 0.05) is 25.7 Å². The van der Waals surface area contributed by atoms with E-state index in [4.69, 9.17) is 0 Å². The average Bonchev–Trinajstić information content (AvgIpc) is 2.89. The van der Waals surface area contributed by atoms with Crippen LogP contribution in [0.3, 0.4) is 0 Å². The van der Waals surface area contributed by atoms with E-state index in [2.05, 4.69) is 14.1 Å². The molecule has 0 unspecified atom stereocenters. The number of hydrogen-bond acceptors (Lipinski definition) is 0. The third kappa shape index (κ3) is 6.45. The molecule has 0 bridgehead atoms. The number of hydrogen-bond donors (Lipinski definition) is 0. The van der Waals surface area contributed by atoms with Crippen LogP contribution in [0.2, 0.25) is 0 Å². The number of nitrogens with zero attached hydrogens (tertiary/aromatic N) is 2. The zero-order chi connectivity index (χ0) is 12.2. The van der Waals surface area contributed by atoms with Crippen LogP contribution < -0.4 is 34.0 Å². The highest BCUT2D eigenvalue weighted by Crippen LogP contribution is 2.19. The van der Waals surface area contributed by atoms with Crippen LogP contribution in [0.25, 0.3) is 0 Å². The molecule has 4 heteroatoms. The summed E-state index contributed by atoms with van der Waals surface area (Å²) in [6, 6.07) is 0. The van der Waals surface area contributed by atoms with Crippen LogP contribution >= 0.6 is 0 Å². The fourth-order valence-corrected chi connectivity index (χ4v) is 3.81. The lowest BCUT2D eigenvalue weighted by molar-refractivity contribution is -0.899. The van der Waals surface area contributed by atoms with Gasteiger partial charge >= 0.3 is 0 Å². The molecular weight excluding hydrogens is 368 g/mol. The summed E-state index contributed by atoms with van der Waals surface area (Å²) in [5.74, 6) is 0. The average molecular weight is 400 g/mol. The van der Waals surface area contributed by atoms with Gasteiger partial charge in [-0.3, -0.25) is 0 Å². The van der Waals surface area contributed by atoms with Crippen LogP contribution in [-0.2, 0) is 0 Å².